The normalized spacial score (nSPS) is 11.9. The second kappa shape index (κ2) is 8.12. The molecule has 1 aliphatic rings. The zero-order valence-electron chi connectivity index (χ0n) is 14.7. The van der Waals surface area contributed by atoms with Gasteiger partial charge in [0, 0.05) is 17.4 Å². The first-order valence-electron chi connectivity index (χ1n) is 8.08. The summed E-state index contributed by atoms with van der Waals surface area (Å²) in [4.78, 5) is 42.2. The van der Waals surface area contributed by atoms with E-state index in [1.807, 2.05) is 0 Å². The molecule has 9 nitrogen and oxygen atoms in total. The largest absolute Gasteiger partial charge is 0.462 e. The van der Waals surface area contributed by atoms with E-state index in [1.165, 1.54) is 0 Å². The average Bonchev–Trinajstić information content (AvgIpc) is 3.07. The van der Waals surface area contributed by atoms with Gasteiger partial charge < -0.3 is 24.5 Å². The number of ether oxygens (including phenoxy) is 3. The molecule has 2 aromatic rings. The maximum absolute atomic E-state index is 12.2. The number of nitrogens with zero attached hydrogens (tertiary/aromatic N) is 1. The number of H-pyrrole nitrogens is 1. The van der Waals surface area contributed by atoms with Crippen LogP contribution in [0.5, 0.6) is 11.5 Å². The van der Waals surface area contributed by atoms with Crippen molar-refractivity contribution in [3.8, 4) is 11.5 Å². The number of amides is 1. The Morgan fingerprint density at radius 1 is 1.33 bits per heavy atom. The summed E-state index contributed by atoms with van der Waals surface area (Å²) < 4.78 is 15.5. The van der Waals surface area contributed by atoms with Gasteiger partial charge in [-0.15, -0.1) is 0 Å². The molecule has 2 N–H and O–H groups in total. The van der Waals surface area contributed by atoms with Crippen molar-refractivity contribution in [2.75, 3.05) is 24.5 Å². The Labute approximate surface area is 158 Å². The molecule has 1 aliphatic heterocycles. The number of hydrogen-bond acceptors (Lipinski definition) is 8. The number of aromatic amines is 1. The monoisotopic (exact) mass is 391 g/mol. The number of carbonyl (C=O) groups is 2. The van der Waals surface area contributed by atoms with Crippen LogP contribution in [0.2, 0.25) is 0 Å². The highest BCUT2D eigenvalue weighted by molar-refractivity contribution is 8.00. The van der Waals surface area contributed by atoms with Gasteiger partial charge in [0.2, 0.25) is 12.7 Å². The highest BCUT2D eigenvalue weighted by atomic mass is 32.2. The van der Waals surface area contributed by atoms with E-state index in [1.54, 1.807) is 32.0 Å². The molecule has 0 radical (unpaired) electrons. The van der Waals surface area contributed by atoms with Gasteiger partial charge in [-0.1, -0.05) is 11.8 Å². The Bertz CT molecular complexity index is 943. The van der Waals surface area contributed by atoms with E-state index in [9.17, 15) is 14.4 Å². The molecule has 0 aliphatic carbocycles. The molecule has 2 heterocycles. The van der Waals surface area contributed by atoms with Crippen LogP contribution in [-0.2, 0) is 9.53 Å². The number of aromatic nitrogens is 2. The lowest BCUT2D eigenvalue weighted by Gasteiger charge is -2.10. The molecule has 3 rings (SSSR count). The number of benzene rings is 1. The summed E-state index contributed by atoms with van der Waals surface area (Å²) in [5.41, 5.74) is 0.439. The molecule has 1 aromatic carbocycles. The molecular formula is C17H17N3O6S. The van der Waals surface area contributed by atoms with Gasteiger partial charge >= 0.3 is 11.7 Å². The predicted octanol–water partition coefficient (Wildman–Crippen LogP) is 1.71. The number of esters is 1. The number of rotatable bonds is 6. The summed E-state index contributed by atoms with van der Waals surface area (Å²) in [6.07, 6.45) is 0. The summed E-state index contributed by atoms with van der Waals surface area (Å²) in [7, 11) is 0. The highest BCUT2D eigenvalue weighted by Gasteiger charge is 2.20. The van der Waals surface area contributed by atoms with Crippen LogP contribution in [0.15, 0.2) is 28.0 Å². The first-order valence-corrected chi connectivity index (χ1v) is 9.07. The third-order valence-electron chi connectivity index (χ3n) is 3.56. The van der Waals surface area contributed by atoms with Crippen LogP contribution in [0.25, 0.3) is 0 Å². The van der Waals surface area contributed by atoms with Gasteiger partial charge in [-0.05, 0) is 26.0 Å². The van der Waals surface area contributed by atoms with Crippen LogP contribution in [0.1, 0.15) is 23.0 Å². The number of thioether (sulfide) groups is 1. The van der Waals surface area contributed by atoms with Crippen LogP contribution in [-0.4, -0.2) is 41.0 Å². The number of aryl methyl sites for hydroxylation is 1. The number of hydrogen-bond donors (Lipinski definition) is 2. The first-order chi connectivity index (χ1) is 13.0. The van der Waals surface area contributed by atoms with Crippen LogP contribution >= 0.6 is 11.8 Å². The topological polar surface area (TPSA) is 120 Å². The second-order valence-corrected chi connectivity index (χ2v) is 6.44. The fourth-order valence-electron chi connectivity index (χ4n) is 2.41. The molecule has 0 fully saturated rings. The molecule has 0 unspecified atom stereocenters. The van der Waals surface area contributed by atoms with E-state index in [-0.39, 0.29) is 35.6 Å². The minimum absolute atomic E-state index is 0.0449. The molecule has 1 amide bonds. The minimum Gasteiger partial charge on any atom is -0.462 e. The van der Waals surface area contributed by atoms with E-state index in [4.69, 9.17) is 14.2 Å². The van der Waals surface area contributed by atoms with Crippen molar-refractivity contribution in [2.24, 2.45) is 0 Å². The predicted molar refractivity (Wildman–Crippen MR) is 97.5 cm³/mol. The summed E-state index contributed by atoms with van der Waals surface area (Å²) in [5, 5.41) is 2.87. The third-order valence-corrected chi connectivity index (χ3v) is 4.54. The fraction of sp³-hybridized carbons (Fsp3) is 0.294. The van der Waals surface area contributed by atoms with Gasteiger partial charge in [-0.25, -0.2) is 9.59 Å². The number of nitrogens with one attached hydrogen (secondary N) is 2. The van der Waals surface area contributed by atoms with Crippen molar-refractivity contribution in [3.05, 3.63) is 39.9 Å². The highest BCUT2D eigenvalue weighted by Crippen LogP contribution is 2.34. The van der Waals surface area contributed by atoms with Gasteiger partial charge in [-0.2, -0.15) is 4.98 Å². The van der Waals surface area contributed by atoms with E-state index in [2.05, 4.69) is 15.3 Å². The minimum atomic E-state index is -0.600. The molecule has 10 heteroatoms. The molecule has 0 bridgehead atoms. The molecule has 0 saturated heterocycles. The van der Waals surface area contributed by atoms with E-state index in [0.717, 1.165) is 11.8 Å². The van der Waals surface area contributed by atoms with E-state index >= 15 is 0 Å². The summed E-state index contributed by atoms with van der Waals surface area (Å²) in [5.74, 6) is 0.198. The molecular weight excluding hydrogens is 374 g/mol. The molecule has 142 valence electrons. The Hall–Kier alpha value is -3.01. The SMILES string of the molecule is CCOC(=O)c1c(SCC(=O)Nc2ccc3c(c2)OCO3)nc(=O)[nH]c1C. The Morgan fingerprint density at radius 2 is 2.11 bits per heavy atom. The summed E-state index contributed by atoms with van der Waals surface area (Å²) >= 11 is 0.982. The fourth-order valence-corrected chi connectivity index (χ4v) is 3.28. The zero-order valence-corrected chi connectivity index (χ0v) is 15.5. The number of fused-ring (bicyclic) bond motifs is 1. The molecule has 0 atom stereocenters. The smallest absolute Gasteiger partial charge is 0.346 e. The Balaban J connectivity index is 1.69. The molecule has 0 saturated carbocycles. The third kappa shape index (κ3) is 4.40. The standard InChI is InChI=1S/C17H17N3O6S/c1-3-24-16(22)14-9(2)18-17(23)20-15(14)27-7-13(21)19-10-4-5-11-12(6-10)26-8-25-11/h4-6H,3,7-8H2,1-2H3,(H,19,21)(H,18,20,23). The van der Waals surface area contributed by atoms with Gasteiger partial charge in [0.15, 0.2) is 11.5 Å². The van der Waals surface area contributed by atoms with Crippen molar-refractivity contribution >= 4 is 29.3 Å². The van der Waals surface area contributed by atoms with Gasteiger partial charge in [0.25, 0.3) is 0 Å². The van der Waals surface area contributed by atoms with Crippen molar-refractivity contribution in [3.63, 3.8) is 0 Å². The van der Waals surface area contributed by atoms with Crippen molar-refractivity contribution in [2.45, 2.75) is 18.9 Å². The number of carbonyl (C=O) groups excluding carboxylic acids is 2. The van der Waals surface area contributed by atoms with Gasteiger partial charge in [0.05, 0.1) is 12.4 Å². The van der Waals surface area contributed by atoms with Crippen LogP contribution in [0.4, 0.5) is 5.69 Å². The van der Waals surface area contributed by atoms with E-state index < -0.39 is 11.7 Å². The molecule has 27 heavy (non-hydrogen) atoms. The van der Waals surface area contributed by atoms with Crippen molar-refractivity contribution in [1.29, 1.82) is 0 Å². The molecule has 0 spiro atoms. The number of anilines is 1. The van der Waals surface area contributed by atoms with Crippen molar-refractivity contribution < 1.29 is 23.8 Å². The first kappa shape index (κ1) is 18.8. The Morgan fingerprint density at radius 3 is 2.89 bits per heavy atom. The van der Waals surface area contributed by atoms with E-state index in [0.29, 0.717) is 22.9 Å². The van der Waals surface area contributed by atoms with Gasteiger partial charge in [0.1, 0.15) is 10.6 Å². The lowest BCUT2D eigenvalue weighted by atomic mass is 10.2. The zero-order chi connectivity index (χ0) is 19.4. The van der Waals surface area contributed by atoms with Crippen LogP contribution in [0.3, 0.4) is 0 Å². The second-order valence-electron chi connectivity index (χ2n) is 5.47. The average molecular weight is 391 g/mol. The van der Waals surface area contributed by atoms with Gasteiger partial charge in [-0.3, -0.25) is 4.79 Å². The summed E-state index contributed by atoms with van der Waals surface area (Å²) in [6.45, 7) is 3.59. The molecule has 1 aromatic heterocycles. The quantitative estimate of drug-likeness (QED) is 0.434. The van der Waals surface area contributed by atoms with Crippen LogP contribution in [0, 0.1) is 6.92 Å². The maximum Gasteiger partial charge on any atom is 0.346 e. The lowest BCUT2D eigenvalue weighted by Crippen LogP contribution is -2.21. The van der Waals surface area contributed by atoms with Crippen molar-refractivity contribution in [1.82, 2.24) is 9.97 Å². The maximum atomic E-state index is 12.2. The Kier molecular flexibility index (Phi) is 5.65. The lowest BCUT2D eigenvalue weighted by molar-refractivity contribution is -0.113. The van der Waals surface area contributed by atoms with Crippen LogP contribution < -0.4 is 20.5 Å². The summed E-state index contributed by atoms with van der Waals surface area (Å²) in [6, 6.07) is 5.05.